The number of nitrogens with zero attached hydrogens (tertiary/aromatic N) is 2. The predicted molar refractivity (Wildman–Crippen MR) is 134 cm³/mol. The Balaban J connectivity index is 1.56. The average Bonchev–Trinajstić information content (AvgIpc) is 2.85. The molecule has 0 saturated heterocycles. The van der Waals surface area contributed by atoms with Gasteiger partial charge in [-0.1, -0.05) is 48.6 Å². The van der Waals surface area contributed by atoms with E-state index in [0.717, 1.165) is 47.0 Å². The maximum atomic E-state index is 12.5. The molecule has 3 aromatic carbocycles. The highest BCUT2D eigenvalue weighted by molar-refractivity contribution is 5.84. The number of fused-ring (bicyclic) bond motifs is 2. The molecule has 0 bridgehead atoms. The Labute approximate surface area is 187 Å². The van der Waals surface area contributed by atoms with Gasteiger partial charge >= 0.3 is 0 Å². The first kappa shape index (κ1) is 20.0. The van der Waals surface area contributed by atoms with E-state index in [0.29, 0.717) is 11.1 Å². The van der Waals surface area contributed by atoms with Gasteiger partial charge in [0.1, 0.15) is 0 Å². The van der Waals surface area contributed by atoms with E-state index in [-0.39, 0.29) is 0 Å². The van der Waals surface area contributed by atoms with Crippen molar-refractivity contribution in [2.75, 3.05) is 22.9 Å². The quantitative estimate of drug-likeness (QED) is 0.553. The van der Waals surface area contributed by atoms with E-state index < -0.39 is 10.9 Å². The monoisotopic (exact) mass is 420 g/mol. The normalized spacial score (nSPS) is 17.3. The Hall–Kier alpha value is -3.92. The number of allylic oxidation sites excluding steroid dienone is 2. The molecule has 0 atom stereocenters. The van der Waals surface area contributed by atoms with Crippen LogP contribution in [0.3, 0.4) is 0 Å². The van der Waals surface area contributed by atoms with Crippen molar-refractivity contribution >= 4 is 35.7 Å². The van der Waals surface area contributed by atoms with Gasteiger partial charge < -0.3 is 9.80 Å². The topological polar surface area (TPSA) is 40.6 Å². The van der Waals surface area contributed by atoms with Gasteiger partial charge in [0.2, 0.25) is 10.9 Å². The first-order chi connectivity index (χ1) is 15.6. The number of para-hydroxylation sites is 2. The molecule has 4 nitrogen and oxygen atoms in total. The molecule has 0 aliphatic carbocycles. The van der Waals surface area contributed by atoms with Crippen LogP contribution in [0.15, 0.2) is 81.7 Å². The van der Waals surface area contributed by atoms with Gasteiger partial charge in [0.15, 0.2) is 0 Å². The molecule has 4 heteroatoms. The minimum Gasteiger partial charge on any atom is -0.341 e. The molecule has 2 aliphatic rings. The summed E-state index contributed by atoms with van der Waals surface area (Å²) in [5.41, 5.74) is 6.42. The van der Waals surface area contributed by atoms with E-state index in [1.807, 2.05) is 48.6 Å². The van der Waals surface area contributed by atoms with Gasteiger partial charge in [-0.2, -0.15) is 0 Å². The van der Waals surface area contributed by atoms with Gasteiger partial charge in [0.25, 0.3) is 0 Å². The molecule has 0 N–H and O–H groups in total. The molecule has 0 amide bonds. The lowest BCUT2D eigenvalue weighted by Crippen LogP contribution is -2.38. The second kappa shape index (κ2) is 7.97. The molecular formula is C28H24N2O2. The SMILES string of the molecule is CCN1/C(=C/c2c(/C=C3\C=Cc4ccccc4N3CC)c(=O)c2=O)C=Cc2ccccc21. The fourth-order valence-corrected chi connectivity index (χ4v) is 4.52. The second-order valence-corrected chi connectivity index (χ2v) is 7.90. The standard InChI is InChI=1S/C28H24N2O2/c1-3-29-21(15-13-19-9-5-7-11-25(19)29)17-23-24(28(32)27(23)31)18-22-16-14-20-10-6-8-12-26(20)30(22)4-2/h5-18H,3-4H2,1-2H3/b21-17+,22-18+. The third-order valence-corrected chi connectivity index (χ3v) is 6.15. The van der Waals surface area contributed by atoms with Crippen LogP contribution < -0.4 is 20.7 Å². The zero-order chi connectivity index (χ0) is 22.2. The van der Waals surface area contributed by atoms with E-state index in [4.69, 9.17) is 0 Å². The summed E-state index contributed by atoms with van der Waals surface area (Å²) >= 11 is 0. The summed E-state index contributed by atoms with van der Waals surface area (Å²) in [5.74, 6) is 0. The van der Waals surface area contributed by atoms with Crippen molar-refractivity contribution in [3.05, 3.63) is 115 Å². The van der Waals surface area contributed by atoms with Crippen molar-refractivity contribution in [3.63, 3.8) is 0 Å². The van der Waals surface area contributed by atoms with Crippen LogP contribution in [0, 0.1) is 0 Å². The summed E-state index contributed by atoms with van der Waals surface area (Å²) in [5, 5.41) is 0. The first-order valence-corrected chi connectivity index (χ1v) is 11.0. The third kappa shape index (κ3) is 3.16. The van der Waals surface area contributed by atoms with Crippen molar-refractivity contribution in [1.82, 2.24) is 0 Å². The lowest BCUT2D eigenvalue weighted by atomic mass is 9.96. The van der Waals surface area contributed by atoms with Gasteiger partial charge in [-0.3, -0.25) is 9.59 Å². The lowest BCUT2D eigenvalue weighted by Gasteiger charge is -2.30. The molecule has 32 heavy (non-hydrogen) atoms. The van der Waals surface area contributed by atoms with E-state index in [1.54, 1.807) is 0 Å². The number of rotatable bonds is 4. The Bertz CT molecular complexity index is 1290. The number of hydrogen-bond acceptors (Lipinski definition) is 4. The maximum absolute atomic E-state index is 12.5. The highest BCUT2D eigenvalue weighted by Crippen LogP contribution is 2.33. The lowest BCUT2D eigenvalue weighted by molar-refractivity contribution is 0.975. The molecule has 0 fully saturated rings. The summed E-state index contributed by atoms with van der Waals surface area (Å²) in [6, 6.07) is 16.4. The highest BCUT2D eigenvalue weighted by Gasteiger charge is 2.23. The molecule has 3 aromatic rings. The molecule has 2 aliphatic heterocycles. The smallest absolute Gasteiger partial charge is 0.234 e. The van der Waals surface area contributed by atoms with Gasteiger partial charge in [0.05, 0.1) is 0 Å². The Morgan fingerprint density at radius 3 is 1.44 bits per heavy atom. The van der Waals surface area contributed by atoms with Crippen molar-refractivity contribution in [3.8, 4) is 0 Å². The van der Waals surface area contributed by atoms with Crippen molar-refractivity contribution in [1.29, 1.82) is 0 Å². The molecule has 0 saturated carbocycles. The van der Waals surface area contributed by atoms with Crippen LogP contribution in [-0.2, 0) is 0 Å². The number of anilines is 2. The van der Waals surface area contributed by atoms with Gasteiger partial charge in [0, 0.05) is 47.0 Å². The molecule has 5 rings (SSSR count). The van der Waals surface area contributed by atoms with Crippen LogP contribution in [0.5, 0.6) is 0 Å². The van der Waals surface area contributed by atoms with E-state index in [1.165, 1.54) is 0 Å². The molecule has 0 unspecified atom stereocenters. The van der Waals surface area contributed by atoms with Crippen LogP contribution in [0.1, 0.15) is 36.1 Å². The Kier molecular flexibility index (Phi) is 4.98. The van der Waals surface area contributed by atoms with Crippen LogP contribution in [0.4, 0.5) is 11.4 Å². The highest BCUT2D eigenvalue weighted by atomic mass is 16.2. The van der Waals surface area contributed by atoms with E-state index in [2.05, 4.69) is 60.1 Å². The van der Waals surface area contributed by atoms with E-state index >= 15 is 0 Å². The Morgan fingerprint density at radius 2 is 1.03 bits per heavy atom. The largest absolute Gasteiger partial charge is 0.341 e. The summed E-state index contributed by atoms with van der Waals surface area (Å²) in [6.45, 7) is 5.70. The van der Waals surface area contributed by atoms with Crippen molar-refractivity contribution in [2.24, 2.45) is 0 Å². The van der Waals surface area contributed by atoms with Crippen molar-refractivity contribution in [2.45, 2.75) is 13.8 Å². The third-order valence-electron chi connectivity index (χ3n) is 6.15. The summed E-state index contributed by atoms with van der Waals surface area (Å²) in [4.78, 5) is 29.4. The summed E-state index contributed by atoms with van der Waals surface area (Å²) in [7, 11) is 0. The van der Waals surface area contributed by atoms with Crippen LogP contribution in [0.25, 0.3) is 24.3 Å². The van der Waals surface area contributed by atoms with Crippen LogP contribution in [-0.4, -0.2) is 13.1 Å². The summed E-state index contributed by atoms with van der Waals surface area (Å²) < 4.78 is 0. The zero-order valence-corrected chi connectivity index (χ0v) is 18.2. The maximum Gasteiger partial charge on any atom is 0.234 e. The number of hydrogen-bond donors (Lipinski definition) is 0. The minimum atomic E-state index is -0.420. The minimum absolute atomic E-state index is 0.420. The average molecular weight is 421 g/mol. The fraction of sp³-hybridized carbons (Fsp3) is 0.143. The first-order valence-electron chi connectivity index (χ1n) is 11.0. The fourth-order valence-electron chi connectivity index (χ4n) is 4.52. The van der Waals surface area contributed by atoms with Gasteiger partial charge in [-0.15, -0.1) is 0 Å². The molecular weight excluding hydrogens is 396 g/mol. The second-order valence-electron chi connectivity index (χ2n) is 7.90. The Morgan fingerprint density at radius 1 is 0.625 bits per heavy atom. The number of likely N-dealkylation sites (N-methyl/N-ethyl adjacent to an activating group) is 2. The van der Waals surface area contributed by atoms with Gasteiger partial charge in [-0.05, 0) is 61.4 Å². The molecule has 0 radical (unpaired) electrons. The zero-order valence-electron chi connectivity index (χ0n) is 18.2. The summed E-state index contributed by atoms with van der Waals surface area (Å²) in [6.07, 6.45) is 11.8. The van der Waals surface area contributed by atoms with Gasteiger partial charge in [-0.25, -0.2) is 0 Å². The van der Waals surface area contributed by atoms with Crippen molar-refractivity contribution < 1.29 is 0 Å². The van der Waals surface area contributed by atoms with Crippen LogP contribution >= 0.6 is 0 Å². The molecule has 158 valence electrons. The van der Waals surface area contributed by atoms with E-state index in [9.17, 15) is 9.59 Å². The molecule has 0 spiro atoms. The number of benzene rings is 2. The molecule has 0 aromatic heterocycles. The van der Waals surface area contributed by atoms with Crippen LogP contribution in [0.2, 0.25) is 0 Å². The predicted octanol–water partition coefficient (Wildman–Crippen LogP) is 5.07. The molecule has 2 heterocycles.